The predicted molar refractivity (Wildman–Crippen MR) is 116 cm³/mol. The van der Waals surface area contributed by atoms with E-state index in [4.69, 9.17) is 19.7 Å². The fraction of sp³-hybridized carbons (Fsp3) is 0.136. The summed E-state index contributed by atoms with van der Waals surface area (Å²) in [6.07, 6.45) is 3.13. The molecule has 0 saturated carbocycles. The van der Waals surface area contributed by atoms with Crippen molar-refractivity contribution < 1.29 is 23.5 Å². The molecule has 2 aromatic carbocycles. The van der Waals surface area contributed by atoms with Crippen LogP contribution in [0, 0.1) is 11.2 Å². The van der Waals surface area contributed by atoms with Crippen molar-refractivity contribution in [3.8, 4) is 11.5 Å². The van der Waals surface area contributed by atoms with Crippen molar-refractivity contribution in [2.24, 2.45) is 4.99 Å². The summed E-state index contributed by atoms with van der Waals surface area (Å²) in [4.78, 5) is 21.9. The summed E-state index contributed by atoms with van der Waals surface area (Å²) in [6.45, 7) is 1.93. The fourth-order valence-corrected chi connectivity index (χ4v) is 3.64. The average molecular weight is 486 g/mol. The number of carbonyl (C=O) groups excluding carboxylic acids is 1. The molecule has 2 aliphatic heterocycles. The molecular formula is C22H17BrFN3O4. The Bertz CT molecular complexity index is 1170. The first kappa shape index (κ1) is 20.8. The van der Waals surface area contributed by atoms with Crippen LogP contribution >= 0.6 is 15.9 Å². The molecule has 0 unspecified atom stereocenters. The highest BCUT2D eigenvalue weighted by molar-refractivity contribution is 9.10. The number of hydrogen-bond donors (Lipinski definition) is 1. The third-order valence-corrected chi connectivity index (χ3v) is 5.13. The lowest BCUT2D eigenvalue weighted by molar-refractivity contribution is -0.114. The highest BCUT2D eigenvalue weighted by Crippen LogP contribution is 2.38. The van der Waals surface area contributed by atoms with E-state index in [1.807, 2.05) is 0 Å². The van der Waals surface area contributed by atoms with Crippen LogP contribution in [0.4, 0.5) is 4.39 Å². The van der Waals surface area contributed by atoms with Gasteiger partial charge in [0.25, 0.3) is 5.91 Å². The molecule has 7 nitrogen and oxygen atoms in total. The summed E-state index contributed by atoms with van der Waals surface area (Å²) in [5.74, 6) is 0.772. The van der Waals surface area contributed by atoms with Crippen LogP contribution in [0.3, 0.4) is 0 Å². The molecule has 0 radical (unpaired) electrons. The Balaban J connectivity index is 1.60. The average Bonchev–Trinajstić information content (AvgIpc) is 3.11. The van der Waals surface area contributed by atoms with E-state index in [2.05, 4.69) is 20.9 Å². The van der Waals surface area contributed by atoms with Gasteiger partial charge in [0.15, 0.2) is 23.2 Å². The summed E-state index contributed by atoms with van der Waals surface area (Å²) in [6, 6.07) is 9.44. The van der Waals surface area contributed by atoms with Crippen LogP contribution in [0.25, 0.3) is 6.08 Å². The summed E-state index contributed by atoms with van der Waals surface area (Å²) in [7, 11) is 1.50. The molecule has 4 rings (SSSR count). The molecule has 2 aromatic rings. The molecule has 0 saturated heterocycles. The number of nitrogens with zero attached hydrogens (tertiary/aromatic N) is 2. The Morgan fingerprint density at radius 1 is 1.29 bits per heavy atom. The molecule has 2 heterocycles. The normalized spacial score (nSPS) is 16.6. The number of carbonyl (C=O) groups is 1. The van der Waals surface area contributed by atoms with E-state index in [0.29, 0.717) is 27.3 Å². The number of fused-ring (bicyclic) bond motifs is 1. The SMILES string of the molecule is COc1cc(/C=C2/C(=N)N3OC(C)=CC3=NC2=O)cc(Br)c1OCc1ccc(F)cc1. The van der Waals surface area contributed by atoms with Crippen LogP contribution in [0.15, 0.2) is 63.3 Å². The Morgan fingerprint density at radius 2 is 2.03 bits per heavy atom. The number of allylic oxidation sites excluding steroid dienone is 1. The molecule has 1 N–H and O–H groups in total. The maximum Gasteiger partial charge on any atom is 0.282 e. The maximum atomic E-state index is 13.1. The van der Waals surface area contributed by atoms with Gasteiger partial charge in [-0.1, -0.05) is 12.1 Å². The zero-order chi connectivity index (χ0) is 22.1. The zero-order valence-corrected chi connectivity index (χ0v) is 18.2. The smallest absolute Gasteiger partial charge is 0.282 e. The van der Waals surface area contributed by atoms with Crippen LogP contribution in [0.2, 0.25) is 0 Å². The summed E-state index contributed by atoms with van der Waals surface area (Å²) >= 11 is 3.47. The number of benzene rings is 2. The molecule has 0 fully saturated rings. The molecule has 9 heteroatoms. The number of aliphatic imine (C=N–C) groups is 1. The van der Waals surface area contributed by atoms with Crippen molar-refractivity contribution in [1.29, 1.82) is 5.41 Å². The van der Waals surface area contributed by atoms with Gasteiger partial charge in [-0.25, -0.2) is 4.39 Å². The second-order valence-corrected chi connectivity index (χ2v) is 7.63. The van der Waals surface area contributed by atoms with E-state index in [9.17, 15) is 9.18 Å². The van der Waals surface area contributed by atoms with Crippen LogP contribution < -0.4 is 9.47 Å². The first-order valence-corrected chi connectivity index (χ1v) is 10.00. The molecule has 0 bridgehead atoms. The van der Waals surface area contributed by atoms with Gasteiger partial charge in [-0.3, -0.25) is 10.2 Å². The van der Waals surface area contributed by atoms with Gasteiger partial charge in [0, 0.05) is 6.08 Å². The first-order valence-electron chi connectivity index (χ1n) is 9.20. The summed E-state index contributed by atoms with van der Waals surface area (Å²) < 4.78 is 25.0. The minimum absolute atomic E-state index is 0.0841. The molecule has 0 spiro atoms. The minimum atomic E-state index is -0.530. The van der Waals surface area contributed by atoms with Crippen LogP contribution in [-0.2, 0) is 16.2 Å². The largest absolute Gasteiger partial charge is 0.493 e. The molecule has 158 valence electrons. The molecule has 31 heavy (non-hydrogen) atoms. The van der Waals surface area contributed by atoms with E-state index in [1.54, 1.807) is 43.3 Å². The zero-order valence-electron chi connectivity index (χ0n) is 16.6. The topological polar surface area (TPSA) is 84.2 Å². The van der Waals surface area contributed by atoms with E-state index in [1.165, 1.54) is 24.3 Å². The van der Waals surface area contributed by atoms with Gasteiger partial charge >= 0.3 is 0 Å². The predicted octanol–water partition coefficient (Wildman–Crippen LogP) is 4.63. The Kier molecular flexibility index (Phi) is 5.60. The van der Waals surface area contributed by atoms with Crippen molar-refractivity contribution in [3.63, 3.8) is 0 Å². The number of nitrogens with one attached hydrogen (secondary N) is 1. The lowest BCUT2D eigenvalue weighted by Gasteiger charge is -2.23. The number of hydroxylamine groups is 2. The number of methoxy groups -OCH3 is 1. The molecule has 0 atom stereocenters. The lowest BCUT2D eigenvalue weighted by Crippen LogP contribution is -2.38. The van der Waals surface area contributed by atoms with Crippen molar-refractivity contribution in [2.75, 3.05) is 7.11 Å². The maximum absolute atomic E-state index is 13.1. The molecular weight excluding hydrogens is 469 g/mol. The summed E-state index contributed by atoms with van der Waals surface area (Å²) in [5.41, 5.74) is 1.49. The minimum Gasteiger partial charge on any atom is -0.493 e. The monoisotopic (exact) mass is 485 g/mol. The third-order valence-electron chi connectivity index (χ3n) is 4.54. The van der Waals surface area contributed by atoms with E-state index in [-0.39, 0.29) is 29.7 Å². The van der Waals surface area contributed by atoms with Crippen molar-refractivity contribution in [2.45, 2.75) is 13.5 Å². The highest BCUT2D eigenvalue weighted by Gasteiger charge is 2.34. The van der Waals surface area contributed by atoms with Crippen LogP contribution in [0.5, 0.6) is 11.5 Å². The Morgan fingerprint density at radius 3 is 2.74 bits per heavy atom. The number of ether oxygens (including phenoxy) is 2. The van der Waals surface area contributed by atoms with Gasteiger partial charge in [0.2, 0.25) is 0 Å². The second kappa shape index (κ2) is 8.35. The third kappa shape index (κ3) is 4.22. The number of rotatable bonds is 5. The van der Waals surface area contributed by atoms with Gasteiger partial charge in [0.05, 0.1) is 17.2 Å². The lowest BCUT2D eigenvalue weighted by atomic mass is 10.1. The van der Waals surface area contributed by atoms with Gasteiger partial charge in [-0.2, -0.15) is 4.99 Å². The summed E-state index contributed by atoms with van der Waals surface area (Å²) in [5, 5.41) is 9.52. The van der Waals surface area contributed by atoms with Gasteiger partial charge in [-0.15, -0.1) is 5.06 Å². The van der Waals surface area contributed by atoms with Crippen molar-refractivity contribution in [3.05, 3.63) is 75.2 Å². The molecule has 0 aromatic heterocycles. The van der Waals surface area contributed by atoms with Crippen molar-refractivity contribution >= 4 is 39.6 Å². The molecule has 1 amide bonds. The van der Waals surface area contributed by atoms with Gasteiger partial charge in [-0.05, 0) is 64.3 Å². The van der Waals surface area contributed by atoms with Gasteiger partial charge in [0.1, 0.15) is 18.2 Å². The molecule has 0 aliphatic carbocycles. The Labute approximate surface area is 186 Å². The second-order valence-electron chi connectivity index (χ2n) is 6.77. The van der Waals surface area contributed by atoms with E-state index >= 15 is 0 Å². The number of amides is 1. The Hall–Kier alpha value is -3.46. The number of hydrogen-bond acceptors (Lipinski definition) is 5. The van der Waals surface area contributed by atoms with E-state index < -0.39 is 5.91 Å². The number of halogens is 2. The molecule has 2 aliphatic rings. The van der Waals surface area contributed by atoms with E-state index in [0.717, 1.165) is 5.56 Å². The van der Waals surface area contributed by atoms with Gasteiger partial charge < -0.3 is 14.3 Å². The quantitative estimate of drug-likeness (QED) is 0.624. The highest BCUT2D eigenvalue weighted by atomic mass is 79.9. The van der Waals surface area contributed by atoms with Crippen LogP contribution in [0.1, 0.15) is 18.1 Å². The van der Waals surface area contributed by atoms with Crippen LogP contribution in [-0.4, -0.2) is 29.8 Å². The standard InChI is InChI=1S/C22H17BrFN3O4/c1-12-7-19-26-22(28)16(21(25)27(19)31-12)8-14-9-17(23)20(18(10-14)29-2)30-11-13-3-5-15(24)6-4-13/h3-10,25H,11H2,1-2H3/b16-8-,25-21?. The number of amidine groups is 2. The first-order chi connectivity index (χ1) is 14.9. The van der Waals surface area contributed by atoms with Crippen molar-refractivity contribution in [1.82, 2.24) is 5.06 Å². The fourth-order valence-electron chi connectivity index (χ4n) is 3.07.